The smallest absolute Gasteiger partial charge is 0.411 e. The molecule has 1 amide bonds. The van der Waals surface area contributed by atoms with Gasteiger partial charge in [-0.3, -0.25) is 14.4 Å². The minimum absolute atomic E-state index is 0.0552. The van der Waals surface area contributed by atoms with Crippen molar-refractivity contribution in [1.82, 2.24) is 20.0 Å². The molecule has 0 spiro atoms. The maximum absolute atomic E-state index is 12.8. The lowest BCUT2D eigenvalue weighted by Crippen LogP contribution is -2.43. The number of benzene rings is 1. The van der Waals surface area contributed by atoms with Crippen LogP contribution in [0.3, 0.4) is 0 Å². The number of nitrogens with zero attached hydrogens (tertiary/aromatic N) is 3. The summed E-state index contributed by atoms with van der Waals surface area (Å²) in [4.78, 5) is 14.7. The number of hydrogen-bond donors (Lipinski definition) is 1. The third-order valence-electron chi connectivity index (χ3n) is 5.83. The summed E-state index contributed by atoms with van der Waals surface area (Å²) in [6.07, 6.45) is -8.34. The molecule has 0 aliphatic carbocycles. The van der Waals surface area contributed by atoms with Crippen LogP contribution < -0.4 is 10.1 Å². The summed E-state index contributed by atoms with van der Waals surface area (Å²) in [5.41, 5.74) is 2.29. The van der Waals surface area contributed by atoms with Crippen LogP contribution >= 0.6 is 0 Å². The van der Waals surface area contributed by atoms with Crippen molar-refractivity contribution in [2.45, 2.75) is 44.5 Å². The topological polar surface area (TPSA) is 77.8 Å². The maximum atomic E-state index is 12.8. The first kappa shape index (κ1) is 27.2. The molecule has 14 heteroatoms. The molecule has 0 unspecified atom stereocenters. The molecular weight excluding hydrogens is 510 g/mol. The van der Waals surface area contributed by atoms with Gasteiger partial charge >= 0.3 is 12.4 Å². The number of fused-ring (bicyclic) bond motifs is 2. The molecule has 2 aliphatic heterocycles. The highest BCUT2D eigenvalue weighted by molar-refractivity contribution is 5.92. The van der Waals surface area contributed by atoms with Crippen molar-refractivity contribution in [3.63, 3.8) is 0 Å². The van der Waals surface area contributed by atoms with Gasteiger partial charge in [0.1, 0.15) is 25.6 Å². The van der Waals surface area contributed by atoms with Gasteiger partial charge in [-0.25, -0.2) is 0 Å². The standard InChI is InChI=1S/C23H26F6N4O4/c24-22(25,26)13-35-6-5-32-3-4-33-18(10-32)9-19(31-33)21(34)30-17-8-16-7-15(1-2-20(16)37-12-17)11-36-14-23(27,28)29/h1-2,7,9,17H,3-6,8,10-14H2,(H,30,34)/t17-/m1/s1. The Balaban J connectivity index is 1.28. The first-order valence-corrected chi connectivity index (χ1v) is 11.6. The number of aromatic nitrogens is 2. The number of hydrogen-bond acceptors (Lipinski definition) is 6. The zero-order valence-corrected chi connectivity index (χ0v) is 19.7. The van der Waals surface area contributed by atoms with E-state index < -0.39 is 31.5 Å². The maximum Gasteiger partial charge on any atom is 0.411 e. The minimum atomic E-state index is -4.40. The molecule has 3 heterocycles. The summed E-state index contributed by atoms with van der Waals surface area (Å²) in [5.74, 6) is 0.200. The Morgan fingerprint density at radius 3 is 2.59 bits per heavy atom. The summed E-state index contributed by atoms with van der Waals surface area (Å²) in [6.45, 7) is -0.852. The lowest BCUT2D eigenvalue weighted by atomic mass is 10.0. The molecule has 204 valence electrons. The van der Waals surface area contributed by atoms with Crippen LogP contribution in [0.2, 0.25) is 0 Å². The number of rotatable bonds is 9. The van der Waals surface area contributed by atoms with Gasteiger partial charge in [0.15, 0.2) is 5.69 Å². The second-order valence-corrected chi connectivity index (χ2v) is 8.92. The monoisotopic (exact) mass is 536 g/mol. The molecule has 0 fully saturated rings. The van der Waals surface area contributed by atoms with E-state index in [9.17, 15) is 31.1 Å². The summed E-state index contributed by atoms with van der Waals surface area (Å²) in [7, 11) is 0. The average Bonchev–Trinajstić information content (AvgIpc) is 3.24. The first-order chi connectivity index (χ1) is 17.4. The second-order valence-electron chi connectivity index (χ2n) is 8.92. The molecule has 0 radical (unpaired) electrons. The Morgan fingerprint density at radius 1 is 1.08 bits per heavy atom. The molecule has 2 aliphatic rings. The molecule has 0 bridgehead atoms. The van der Waals surface area contributed by atoms with Crippen molar-refractivity contribution in [1.29, 1.82) is 0 Å². The Hall–Kier alpha value is -2.84. The molecule has 0 saturated heterocycles. The van der Waals surface area contributed by atoms with E-state index in [1.165, 1.54) is 0 Å². The van der Waals surface area contributed by atoms with Crippen LogP contribution in [0, 0.1) is 0 Å². The molecule has 4 rings (SSSR count). The van der Waals surface area contributed by atoms with Crippen LogP contribution in [0.1, 0.15) is 27.3 Å². The minimum Gasteiger partial charge on any atom is -0.491 e. The number of carbonyl (C=O) groups is 1. The predicted octanol–water partition coefficient (Wildman–Crippen LogP) is 3.09. The lowest BCUT2D eigenvalue weighted by molar-refractivity contribution is -0.176. The molecule has 1 atom stereocenters. The first-order valence-electron chi connectivity index (χ1n) is 11.6. The summed E-state index contributed by atoms with van der Waals surface area (Å²) in [6, 6.07) is 6.28. The fourth-order valence-electron chi connectivity index (χ4n) is 4.18. The van der Waals surface area contributed by atoms with Gasteiger partial charge in [-0.2, -0.15) is 31.4 Å². The predicted molar refractivity (Wildman–Crippen MR) is 117 cm³/mol. The molecule has 0 saturated carbocycles. The van der Waals surface area contributed by atoms with E-state index in [4.69, 9.17) is 9.47 Å². The Bertz CT molecular complexity index is 1090. The third kappa shape index (κ3) is 8.07. The van der Waals surface area contributed by atoms with Gasteiger partial charge in [0, 0.05) is 19.6 Å². The van der Waals surface area contributed by atoms with E-state index >= 15 is 0 Å². The molecule has 1 N–H and O–H groups in total. The van der Waals surface area contributed by atoms with Crippen LogP contribution in [0.5, 0.6) is 5.75 Å². The highest BCUT2D eigenvalue weighted by Crippen LogP contribution is 2.27. The zero-order valence-electron chi connectivity index (χ0n) is 19.7. The molecular formula is C23H26F6N4O4. The van der Waals surface area contributed by atoms with Gasteiger partial charge in [0.2, 0.25) is 0 Å². The van der Waals surface area contributed by atoms with Crippen molar-refractivity contribution < 1.29 is 45.3 Å². The molecule has 1 aromatic heterocycles. The second kappa shape index (κ2) is 11.3. The molecule has 1 aromatic carbocycles. The number of nitrogens with one attached hydrogen (secondary N) is 1. The number of halogens is 6. The van der Waals surface area contributed by atoms with Crippen molar-refractivity contribution in [2.75, 3.05) is 39.5 Å². The summed E-state index contributed by atoms with van der Waals surface area (Å²) < 4.78 is 90.3. The lowest BCUT2D eigenvalue weighted by Gasteiger charge is -2.27. The van der Waals surface area contributed by atoms with Gasteiger partial charge in [-0.1, -0.05) is 6.07 Å². The van der Waals surface area contributed by atoms with Crippen molar-refractivity contribution in [3.8, 4) is 5.75 Å². The highest BCUT2D eigenvalue weighted by atomic mass is 19.4. The van der Waals surface area contributed by atoms with E-state index in [1.807, 2.05) is 4.90 Å². The van der Waals surface area contributed by atoms with Gasteiger partial charge in [-0.05, 0) is 35.7 Å². The van der Waals surface area contributed by atoms with Crippen LogP contribution in [0.15, 0.2) is 24.3 Å². The van der Waals surface area contributed by atoms with Crippen LogP contribution in [-0.2, 0) is 35.6 Å². The number of amides is 1. The zero-order chi connectivity index (χ0) is 26.6. The fourth-order valence-corrected chi connectivity index (χ4v) is 4.18. The van der Waals surface area contributed by atoms with E-state index in [-0.39, 0.29) is 31.6 Å². The number of alkyl halides is 6. The van der Waals surface area contributed by atoms with E-state index in [0.717, 1.165) is 11.3 Å². The largest absolute Gasteiger partial charge is 0.491 e. The summed E-state index contributed by atoms with van der Waals surface area (Å²) in [5, 5.41) is 7.22. The Morgan fingerprint density at radius 2 is 1.84 bits per heavy atom. The fraction of sp³-hybridized carbons (Fsp3) is 0.565. The van der Waals surface area contributed by atoms with Crippen molar-refractivity contribution in [3.05, 3.63) is 46.8 Å². The third-order valence-corrected chi connectivity index (χ3v) is 5.83. The van der Waals surface area contributed by atoms with Crippen LogP contribution in [-0.4, -0.2) is 78.5 Å². The van der Waals surface area contributed by atoms with Gasteiger partial charge in [0.05, 0.1) is 31.5 Å². The Labute approximate surface area is 208 Å². The molecule has 37 heavy (non-hydrogen) atoms. The number of carbonyl (C=O) groups excluding carboxylic acids is 1. The average molecular weight is 536 g/mol. The Kier molecular flexibility index (Phi) is 8.29. The SMILES string of the molecule is O=C(N[C@H]1COc2ccc(COCC(F)(F)F)cc2C1)c1cc2n(n1)CCN(CCOCC(F)(F)F)C2. The van der Waals surface area contributed by atoms with E-state index in [0.29, 0.717) is 43.9 Å². The van der Waals surface area contributed by atoms with Crippen LogP contribution in [0.25, 0.3) is 0 Å². The number of ether oxygens (including phenoxy) is 3. The normalized spacial score (nSPS) is 18.2. The van der Waals surface area contributed by atoms with Crippen molar-refractivity contribution >= 4 is 5.91 Å². The van der Waals surface area contributed by atoms with Gasteiger partial charge in [-0.15, -0.1) is 0 Å². The van der Waals surface area contributed by atoms with E-state index in [1.54, 1.807) is 28.9 Å². The molecule has 8 nitrogen and oxygen atoms in total. The van der Waals surface area contributed by atoms with Gasteiger partial charge < -0.3 is 19.5 Å². The molecule has 2 aromatic rings. The van der Waals surface area contributed by atoms with Gasteiger partial charge in [0.25, 0.3) is 5.91 Å². The van der Waals surface area contributed by atoms with Crippen molar-refractivity contribution in [2.24, 2.45) is 0 Å². The van der Waals surface area contributed by atoms with Crippen LogP contribution in [0.4, 0.5) is 26.3 Å². The summed E-state index contributed by atoms with van der Waals surface area (Å²) >= 11 is 0. The quantitative estimate of drug-likeness (QED) is 0.392. The van der Waals surface area contributed by atoms with E-state index in [2.05, 4.69) is 15.2 Å². The highest BCUT2D eigenvalue weighted by Gasteiger charge is 2.29.